The van der Waals surface area contributed by atoms with Crippen LogP contribution in [0.2, 0.25) is 0 Å². The van der Waals surface area contributed by atoms with Gasteiger partial charge in [-0.05, 0) is 6.07 Å². The molecule has 13 heavy (non-hydrogen) atoms. The lowest BCUT2D eigenvalue weighted by molar-refractivity contribution is -0.137. The van der Waals surface area contributed by atoms with E-state index >= 15 is 0 Å². The van der Waals surface area contributed by atoms with Crippen molar-refractivity contribution in [1.82, 2.24) is 4.98 Å². The first kappa shape index (κ1) is 10.6. The van der Waals surface area contributed by atoms with Crippen LogP contribution in [0.5, 0.6) is 0 Å². The molecule has 0 N–H and O–H groups in total. The van der Waals surface area contributed by atoms with E-state index in [0.717, 1.165) is 12.3 Å². The predicted molar refractivity (Wildman–Crippen MR) is 41.5 cm³/mol. The minimum absolute atomic E-state index is 0.295. The Morgan fingerprint density at radius 3 is 2.54 bits per heavy atom. The van der Waals surface area contributed by atoms with Crippen LogP contribution in [0.4, 0.5) is 13.2 Å². The van der Waals surface area contributed by atoms with Crippen molar-refractivity contribution in [2.24, 2.45) is 0 Å². The van der Waals surface area contributed by atoms with E-state index in [9.17, 15) is 17.7 Å². The van der Waals surface area contributed by atoms with Crippen LogP contribution < -0.4 is 0 Å². The van der Waals surface area contributed by atoms with Crippen LogP contribution in [0.1, 0.15) is 5.56 Å². The summed E-state index contributed by atoms with van der Waals surface area (Å²) in [5.41, 5.74) is -0.911. The summed E-state index contributed by atoms with van der Waals surface area (Å²) in [6, 6.07) is 1.44. The van der Waals surface area contributed by atoms with E-state index in [0.29, 0.717) is 6.07 Å². The second kappa shape index (κ2) is 3.73. The highest BCUT2D eigenvalue weighted by atomic mass is 35.7. The van der Waals surface area contributed by atoms with Crippen molar-refractivity contribution in [2.45, 2.75) is 11.2 Å². The highest BCUT2D eigenvalue weighted by Gasteiger charge is 2.32. The molecule has 1 atom stereocenters. The number of aromatic nitrogens is 1. The fourth-order valence-corrected chi connectivity index (χ4v) is 1.29. The first-order chi connectivity index (χ1) is 5.91. The molecule has 1 rings (SSSR count). The van der Waals surface area contributed by atoms with Gasteiger partial charge in [0.15, 0.2) is 10.7 Å². The second-order valence-corrected chi connectivity index (χ2v) is 3.81. The molecular formula is C6H3ClF3NOS. The number of rotatable bonds is 1. The molecule has 1 aromatic heterocycles. The van der Waals surface area contributed by atoms with E-state index in [2.05, 4.69) is 4.98 Å². The van der Waals surface area contributed by atoms with Crippen LogP contribution in [-0.4, -0.2) is 9.54 Å². The molecule has 0 aromatic carbocycles. The molecule has 0 bridgehead atoms. The molecule has 1 unspecified atom stereocenters. The van der Waals surface area contributed by atoms with Crippen molar-refractivity contribution < 1.29 is 17.7 Å². The molecule has 0 fully saturated rings. The predicted octanol–water partition coefficient (Wildman–Crippen LogP) is 2.36. The van der Waals surface area contributed by atoms with Crippen LogP contribution in [0.3, 0.4) is 0 Å². The van der Waals surface area contributed by atoms with Crippen molar-refractivity contribution in [3.63, 3.8) is 0 Å². The van der Waals surface area contributed by atoms with Gasteiger partial charge in [0.1, 0.15) is 10.4 Å². The van der Waals surface area contributed by atoms with Gasteiger partial charge < -0.3 is 4.55 Å². The second-order valence-electron chi connectivity index (χ2n) is 2.10. The third-order valence-electron chi connectivity index (χ3n) is 1.23. The molecule has 2 nitrogen and oxygen atoms in total. The van der Waals surface area contributed by atoms with E-state index in [1.165, 1.54) is 0 Å². The van der Waals surface area contributed by atoms with E-state index in [1.54, 1.807) is 0 Å². The SMILES string of the molecule is [O-][S+](Cl)c1cc(C(F)(F)F)ccn1. The topological polar surface area (TPSA) is 36.0 Å². The van der Waals surface area contributed by atoms with E-state index in [1.807, 2.05) is 0 Å². The first-order valence-electron chi connectivity index (χ1n) is 3.02. The number of hydrogen-bond acceptors (Lipinski definition) is 2. The Kier molecular flexibility index (Phi) is 3.05. The number of alkyl halides is 3. The number of pyridine rings is 1. The molecule has 0 spiro atoms. The standard InChI is InChI=1S/C6H3ClF3NOS/c7-13(12)5-3-4(1-2-11-5)6(8,9)10/h1-3H. The third kappa shape index (κ3) is 2.75. The summed E-state index contributed by atoms with van der Waals surface area (Å²) < 4.78 is 46.8. The zero-order valence-electron chi connectivity index (χ0n) is 6.01. The molecule has 0 saturated carbocycles. The Balaban J connectivity index is 3.06. The summed E-state index contributed by atoms with van der Waals surface area (Å²) in [6.07, 6.45) is -3.55. The molecule has 0 radical (unpaired) electrons. The van der Waals surface area contributed by atoms with Crippen LogP contribution in [0, 0.1) is 0 Å². The van der Waals surface area contributed by atoms with Gasteiger partial charge in [0, 0.05) is 12.3 Å². The Morgan fingerprint density at radius 1 is 1.46 bits per heavy atom. The average molecular weight is 230 g/mol. The van der Waals surface area contributed by atoms with Gasteiger partial charge in [0.2, 0.25) is 0 Å². The monoisotopic (exact) mass is 229 g/mol. The summed E-state index contributed by atoms with van der Waals surface area (Å²) >= 11 is 0. The number of hydrogen-bond donors (Lipinski definition) is 0. The molecule has 0 aliphatic carbocycles. The lowest BCUT2D eigenvalue weighted by atomic mass is 10.3. The Labute approximate surface area is 79.4 Å². The van der Waals surface area contributed by atoms with Gasteiger partial charge in [-0.2, -0.15) is 13.2 Å². The zero-order valence-corrected chi connectivity index (χ0v) is 7.58. The van der Waals surface area contributed by atoms with E-state index in [-0.39, 0.29) is 5.03 Å². The number of nitrogens with zero attached hydrogens (tertiary/aromatic N) is 1. The zero-order chi connectivity index (χ0) is 10.1. The molecule has 7 heteroatoms. The first-order valence-corrected chi connectivity index (χ1v) is 5.00. The molecule has 1 aromatic rings. The highest BCUT2D eigenvalue weighted by Crippen LogP contribution is 2.30. The van der Waals surface area contributed by atoms with Crippen LogP contribution in [-0.2, 0) is 16.6 Å². The van der Waals surface area contributed by atoms with E-state index in [4.69, 9.17) is 10.7 Å². The Bertz CT molecular complexity index is 304. The summed E-state index contributed by atoms with van der Waals surface area (Å²) in [7, 11) is 3.05. The molecule has 0 amide bonds. The van der Waals surface area contributed by atoms with Gasteiger partial charge in [-0.15, -0.1) is 0 Å². The van der Waals surface area contributed by atoms with Crippen LogP contribution in [0.25, 0.3) is 0 Å². The van der Waals surface area contributed by atoms with Gasteiger partial charge in [0.25, 0.3) is 5.03 Å². The summed E-state index contributed by atoms with van der Waals surface area (Å²) in [6.45, 7) is 0. The maximum Gasteiger partial charge on any atom is 0.416 e. The summed E-state index contributed by atoms with van der Waals surface area (Å²) in [5.74, 6) is 0. The lowest BCUT2D eigenvalue weighted by Crippen LogP contribution is -2.07. The van der Waals surface area contributed by atoms with Crippen molar-refractivity contribution in [1.29, 1.82) is 0 Å². The molecule has 0 saturated heterocycles. The van der Waals surface area contributed by atoms with Crippen molar-refractivity contribution in [3.05, 3.63) is 23.9 Å². The third-order valence-corrected chi connectivity index (χ3v) is 2.25. The summed E-state index contributed by atoms with van der Waals surface area (Å²) in [5, 5.41) is -0.295. The fraction of sp³-hybridized carbons (Fsp3) is 0.167. The van der Waals surface area contributed by atoms with Gasteiger partial charge in [-0.3, -0.25) is 0 Å². The fourth-order valence-electron chi connectivity index (χ4n) is 0.674. The Morgan fingerprint density at radius 2 is 2.08 bits per heavy atom. The largest absolute Gasteiger partial charge is 0.593 e. The van der Waals surface area contributed by atoms with E-state index < -0.39 is 22.1 Å². The smallest absolute Gasteiger partial charge is 0.416 e. The minimum Gasteiger partial charge on any atom is -0.593 e. The van der Waals surface area contributed by atoms with Crippen molar-refractivity contribution in [3.8, 4) is 0 Å². The normalized spacial score (nSPS) is 14.2. The average Bonchev–Trinajstić information content (AvgIpc) is 2.03. The van der Waals surface area contributed by atoms with Gasteiger partial charge in [0.05, 0.1) is 5.56 Å². The highest BCUT2D eigenvalue weighted by molar-refractivity contribution is 8.13. The minimum atomic E-state index is -4.46. The summed E-state index contributed by atoms with van der Waals surface area (Å²) in [4.78, 5) is 3.42. The van der Waals surface area contributed by atoms with Crippen LogP contribution >= 0.6 is 10.7 Å². The molecule has 1 heterocycles. The maximum absolute atomic E-state index is 12.1. The van der Waals surface area contributed by atoms with Crippen molar-refractivity contribution in [2.75, 3.05) is 0 Å². The lowest BCUT2D eigenvalue weighted by Gasteiger charge is -2.06. The molecule has 0 aliphatic rings. The molecule has 72 valence electrons. The van der Waals surface area contributed by atoms with Gasteiger partial charge in [-0.25, -0.2) is 4.98 Å². The van der Waals surface area contributed by atoms with Crippen LogP contribution in [0.15, 0.2) is 23.4 Å². The maximum atomic E-state index is 12.1. The van der Waals surface area contributed by atoms with Gasteiger partial charge in [-0.1, -0.05) is 0 Å². The quantitative estimate of drug-likeness (QED) is 0.693. The molecule has 0 aliphatic heterocycles. The van der Waals surface area contributed by atoms with Crippen molar-refractivity contribution >= 4 is 21.1 Å². The van der Waals surface area contributed by atoms with Gasteiger partial charge >= 0.3 is 6.18 Å². The number of halogens is 4. The molecular weight excluding hydrogens is 227 g/mol. The Hall–Kier alpha value is -0.460.